The number of aromatic nitrogens is 1. The van der Waals surface area contributed by atoms with Crippen LogP contribution in [0.2, 0.25) is 0 Å². The highest BCUT2D eigenvalue weighted by Crippen LogP contribution is 2.36. The van der Waals surface area contributed by atoms with E-state index in [1.54, 1.807) is 24.4 Å². The van der Waals surface area contributed by atoms with Gasteiger partial charge in [0.25, 0.3) is 5.91 Å². The van der Waals surface area contributed by atoms with Gasteiger partial charge in [-0.25, -0.2) is 9.37 Å². The minimum atomic E-state index is -4.76. The number of anilines is 2. The molecule has 0 spiro atoms. The lowest BCUT2D eigenvalue weighted by Gasteiger charge is -2.34. The zero-order chi connectivity index (χ0) is 29.9. The Morgan fingerprint density at radius 2 is 1.86 bits per heavy atom. The van der Waals surface area contributed by atoms with Crippen molar-refractivity contribution in [2.24, 2.45) is 0 Å². The number of allylic oxidation sites excluding steroid dienone is 1. The summed E-state index contributed by atoms with van der Waals surface area (Å²) >= 11 is 0. The number of hydrogen-bond donors (Lipinski definition) is 3. The second kappa shape index (κ2) is 12.7. The zero-order valence-electron chi connectivity index (χ0n) is 23.7. The molecule has 2 fully saturated rings. The van der Waals surface area contributed by atoms with Crippen LogP contribution in [0, 0.1) is 5.82 Å². The summed E-state index contributed by atoms with van der Waals surface area (Å²) in [4.78, 5) is 22.0. The first-order chi connectivity index (χ1) is 20.1. The SMILES string of the molecule is C=C1C=C(C(F)(F)F)C(C(=O)Nc2cc(-c3cc(CNC4CCCCC4)ccc3F)cnc2N2CCN(C)CC2)=CN1. The van der Waals surface area contributed by atoms with E-state index in [1.807, 2.05) is 11.9 Å². The van der Waals surface area contributed by atoms with Gasteiger partial charge in [0.05, 0.1) is 16.8 Å². The largest absolute Gasteiger partial charge is 0.417 e. The van der Waals surface area contributed by atoms with Gasteiger partial charge in [0.2, 0.25) is 0 Å². The van der Waals surface area contributed by atoms with Crippen molar-refractivity contribution in [2.45, 2.75) is 50.9 Å². The van der Waals surface area contributed by atoms with Gasteiger partial charge >= 0.3 is 6.18 Å². The number of nitrogens with one attached hydrogen (secondary N) is 3. The number of amides is 1. The van der Waals surface area contributed by atoms with Crippen LogP contribution in [0.15, 0.2) is 66.2 Å². The molecule has 1 aromatic carbocycles. The lowest BCUT2D eigenvalue weighted by molar-refractivity contribution is -0.115. The monoisotopic (exact) mass is 584 g/mol. The number of alkyl halides is 3. The Labute approximate surface area is 243 Å². The first-order valence-electron chi connectivity index (χ1n) is 14.3. The summed E-state index contributed by atoms with van der Waals surface area (Å²) in [5, 5.41) is 8.80. The fourth-order valence-corrected chi connectivity index (χ4v) is 5.59. The minimum absolute atomic E-state index is 0.0222. The fraction of sp³-hybridized carbons (Fsp3) is 0.419. The summed E-state index contributed by atoms with van der Waals surface area (Å²) in [6, 6.07) is 6.93. The molecular weight excluding hydrogens is 548 g/mol. The maximum atomic E-state index is 15.1. The molecule has 3 N–H and O–H groups in total. The summed E-state index contributed by atoms with van der Waals surface area (Å²) in [6.45, 7) is 6.83. The van der Waals surface area contributed by atoms with E-state index in [-0.39, 0.29) is 11.4 Å². The van der Waals surface area contributed by atoms with Crippen molar-refractivity contribution in [3.8, 4) is 11.1 Å². The number of benzene rings is 1. The summed E-state index contributed by atoms with van der Waals surface area (Å²) in [5.74, 6) is -0.997. The van der Waals surface area contributed by atoms with Crippen LogP contribution >= 0.6 is 0 Å². The lowest BCUT2D eigenvalue weighted by Crippen LogP contribution is -2.45. The van der Waals surface area contributed by atoms with Crippen LogP contribution in [-0.4, -0.2) is 61.2 Å². The van der Waals surface area contributed by atoms with Crippen LogP contribution in [0.4, 0.5) is 29.1 Å². The number of halogens is 4. The number of nitrogens with zero attached hydrogens (tertiary/aromatic N) is 3. The average molecular weight is 585 g/mol. The van der Waals surface area contributed by atoms with Gasteiger partial charge in [-0.05, 0) is 49.7 Å². The molecule has 2 aliphatic heterocycles. The van der Waals surface area contributed by atoms with Crippen molar-refractivity contribution in [2.75, 3.05) is 43.4 Å². The van der Waals surface area contributed by atoms with Crippen molar-refractivity contribution in [1.82, 2.24) is 20.5 Å². The van der Waals surface area contributed by atoms with Crippen LogP contribution < -0.4 is 20.9 Å². The first kappa shape index (κ1) is 29.8. The maximum absolute atomic E-state index is 15.1. The Morgan fingerprint density at radius 1 is 1.12 bits per heavy atom. The van der Waals surface area contributed by atoms with E-state index in [0.29, 0.717) is 42.6 Å². The highest BCUT2D eigenvalue weighted by Gasteiger charge is 2.40. The highest BCUT2D eigenvalue weighted by atomic mass is 19.4. The molecule has 7 nitrogen and oxygen atoms in total. The van der Waals surface area contributed by atoms with Crippen LogP contribution in [0.25, 0.3) is 11.1 Å². The van der Waals surface area contributed by atoms with Crippen molar-refractivity contribution < 1.29 is 22.4 Å². The molecule has 0 radical (unpaired) electrons. The molecule has 11 heteroatoms. The Balaban J connectivity index is 1.45. The van der Waals surface area contributed by atoms with Gasteiger partial charge in [0, 0.05) is 68.0 Å². The minimum Gasteiger partial charge on any atom is -0.361 e. The number of dihydropyridines is 1. The molecule has 3 aliphatic rings. The van der Waals surface area contributed by atoms with Crippen molar-refractivity contribution >= 4 is 17.4 Å². The van der Waals surface area contributed by atoms with E-state index >= 15 is 4.39 Å². The van der Waals surface area contributed by atoms with Crippen LogP contribution in [0.3, 0.4) is 0 Å². The molecule has 0 unspecified atom stereocenters. The van der Waals surface area contributed by atoms with Crippen LogP contribution in [-0.2, 0) is 11.3 Å². The Hall–Kier alpha value is -3.70. The molecule has 3 heterocycles. The van der Waals surface area contributed by atoms with Crippen LogP contribution in [0.5, 0.6) is 0 Å². The lowest BCUT2D eigenvalue weighted by atomic mass is 9.95. The van der Waals surface area contributed by atoms with Gasteiger partial charge in [0.1, 0.15) is 5.82 Å². The van der Waals surface area contributed by atoms with E-state index in [1.165, 1.54) is 25.3 Å². The highest BCUT2D eigenvalue weighted by molar-refractivity contribution is 6.09. The van der Waals surface area contributed by atoms with E-state index < -0.39 is 29.0 Å². The number of likely N-dealkylation sites (N-methyl/N-ethyl adjacent to an activating group) is 1. The third-order valence-corrected chi connectivity index (χ3v) is 8.02. The normalized spacial score (nSPS) is 18.8. The summed E-state index contributed by atoms with van der Waals surface area (Å²) in [5.41, 5.74) is 0.176. The molecule has 5 rings (SSSR count). The first-order valence-corrected chi connectivity index (χ1v) is 14.3. The molecule has 1 saturated carbocycles. The zero-order valence-corrected chi connectivity index (χ0v) is 23.7. The number of pyridine rings is 1. The molecule has 1 aromatic heterocycles. The van der Waals surface area contributed by atoms with E-state index in [4.69, 9.17) is 0 Å². The van der Waals surface area contributed by atoms with Gasteiger partial charge in [-0.3, -0.25) is 4.79 Å². The smallest absolute Gasteiger partial charge is 0.361 e. The topological polar surface area (TPSA) is 72.5 Å². The molecule has 42 heavy (non-hydrogen) atoms. The Bertz CT molecular complexity index is 1390. The summed E-state index contributed by atoms with van der Waals surface area (Å²) in [7, 11) is 2.00. The van der Waals surface area contributed by atoms with Crippen molar-refractivity contribution in [3.63, 3.8) is 0 Å². The Kier molecular flexibility index (Phi) is 8.98. The second-order valence-electron chi connectivity index (χ2n) is 11.2. The number of carbonyl (C=O) groups excluding carboxylic acids is 1. The van der Waals surface area contributed by atoms with Gasteiger partial charge < -0.3 is 25.8 Å². The molecule has 1 aliphatic carbocycles. The van der Waals surface area contributed by atoms with Gasteiger partial charge in [-0.15, -0.1) is 0 Å². The molecule has 224 valence electrons. The number of hydrogen-bond acceptors (Lipinski definition) is 6. The summed E-state index contributed by atoms with van der Waals surface area (Å²) < 4.78 is 56.5. The third kappa shape index (κ3) is 7.01. The number of carbonyl (C=O) groups is 1. The summed E-state index contributed by atoms with van der Waals surface area (Å²) in [6.07, 6.45) is 4.49. The molecule has 0 atom stereocenters. The predicted molar refractivity (Wildman–Crippen MR) is 156 cm³/mol. The van der Waals surface area contributed by atoms with Crippen molar-refractivity contribution in [1.29, 1.82) is 0 Å². The quantitative estimate of drug-likeness (QED) is 0.374. The number of rotatable bonds is 7. The Morgan fingerprint density at radius 3 is 2.57 bits per heavy atom. The predicted octanol–water partition coefficient (Wildman–Crippen LogP) is 5.49. The van der Waals surface area contributed by atoms with Gasteiger partial charge in [0.15, 0.2) is 5.82 Å². The van der Waals surface area contributed by atoms with Crippen LogP contribution in [0.1, 0.15) is 37.7 Å². The molecule has 2 aromatic rings. The van der Waals surface area contributed by atoms with E-state index in [0.717, 1.165) is 43.8 Å². The second-order valence-corrected chi connectivity index (χ2v) is 11.2. The van der Waals surface area contributed by atoms with Gasteiger partial charge in [-0.1, -0.05) is 31.9 Å². The molecule has 0 bridgehead atoms. The third-order valence-electron chi connectivity index (χ3n) is 8.02. The fourth-order valence-electron chi connectivity index (χ4n) is 5.59. The van der Waals surface area contributed by atoms with E-state index in [9.17, 15) is 18.0 Å². The molecule has 1 amide bonds. The average Bonchev–Trinajstić information content (AvgIpc) is 2.97. The van der Waals surface area contributed by atoms with Crippen molar-refractivity contribution in [3.05, 3.63) is 77.5 Å². The van der Waals surface area contributed by atoms with E-state index in [2.05, 4.69) is 32.4 Å². The molecular formula is C31H36F4N6O. The molecule has 1 saturated heterocycles. The van der Waals surface area contributed by atoms with Gasteiger partial charge in [-0.2, -0.15) is 13.2 Å². The number of piperazine rings is 1. The standard InChI is InChI=1S/C31H36F4N6O/c1-20-14-26(31(33,34)35)25(19-36-20)30(42)39-28-16-22(18-38-29(28)41-12-10-40(2)11-13-41)24-15-21(8-9-27(24)32)17-37-23-6-4-3-5-7-23/h8-9,14-16,18-19,23,36-37H,1,3-7,10-13,17H2,2H3,(H,39,42). The maximum Gasteiger partial charge on any atom is 0.417 e.